The van der Waals surface area contributed by atoms with E-state index in [4.69, 9.17) is 21.1 Å². The minimum atomic E-state index is 0.466. The standard InChI is InChI=1S/C17H19ClO2/c1-12-4-5-13(2)15(8-12)11-20-16-7-6-14(10-18)9-17(16)19-3/h4-9H,10-11H2,1-3H3. The number of halogens is 1. The number of aryl methyl sites for hydroxylation is 2. The monoisotopic (exact) mass is 290 g/mol. The summed E-state index contributed by atoms with van der Waals surface area (Å²) >= 11 is 5.82. The summed E-state index contributed by atoms with van der Waals surface area (Å²) in [6.45, 7) is 4.70. The number of hydrogen-bond donors (Lipinski definition) is 0. The second-order valence-corrected chi connectivity index (χ2v) is 5.10. The van der Waals surface area contributed by atoms with Gasteiger partial charge < -0.3 is 9.47 Å². The van der Waals surface area contributed by atoms with Crippen LogP contribution in [0.4, 0.5) is 0 Å². The van der Waals surface area contributed by atoms with E-state index >= 15 is 0 Å². The summed E-state index contributed by atoms with van der Waals surface area (Å²) in [7, 11) is 1.64. The highest BCUT2D eigenvalue weighted by Crippen LogP contribution is 2.29. The summed E-state index contributed by atoms with van der Waals surface area (Å²) in [6.07, 6.45) is 0. The fraction of sp³-hybridized carbons (Fsp3) is 0.294. The van der Waals surface area contributed by atoms with Crippen molar-refractivity contribution in [1.82, 2.24) is 0 Å². The van der Waals surface area contributed by atoms with Crippen LogP contribution in [-0.4, -0.2) is 7.11 Å². The van der Waals surface area contributed by atoms with Gasteiger partial charge in [0.15, 0.2) is 11.5 Å². The first kappa shape index (κ1) is 14.7. The predicted octanol–water partition coefficient (Wildman–Crippen LogP) is 4.63. The van der Waals surface area contributed by atoms with Crippen LogP contribution in [0.15, 0.2) is 36.4 Å². The van der Waals surface area contributed by atoms with Crippen molar-refractivity contribution in [1.29, 1.82) is 0 Å². The second-order valence-electron chi connectivity index (χ2n) is 4.84. The molecule has 0 saturated carbocycles. The molecule has 0 N–H and O–H groups in total. The first-order valence-electron chi connectivity index (χ1n) is 6.56. The van der Waals surface area contributed by atoms with Crippen LogP contribution in [0.5, 0.6) is 11.5 Å². The van der Waals surface area contributed by atoms with E-state index in [1.165, 1.54) is 16.7 Å². The number of alkyl halides is 1. The van der Waals surface area contributed by atoms with Crippen LogP contribution < -0.4 is 9.47 Å². The largest absolute Gasteiger partial charge is 0.493 e. The van der Waals surface area contributed by atoms with E-state index in [0.717, 1.165) is 11.3 Å². The summed E-state index contributed by atoms with van der Waals surface area (Å²) in [6, 6.07) is 12.1. The van der Waals surface area contributed by atoms with E-state index in [0.29, 0.717) is 18.2 Å². The van der Waals surface area contributed by atoms with Crippen molar-refractivity contribution in [2.24, 2.45) is 0 Å². The Hall–Kier alpha value is -1.67. The summed E-state index contributed by atoms with van der Waals surface area (Å²) in [5, 5.41) is 0. The Morgan fingerprint density at radius 1 is 1.00 bits per heavy atom. The second kappa shape index (κ2) is 6.67. The quantitative estimate of drug-likeness (QED) is 0.748. The fourth-order valence-electron chi connectivity index (χ4n) is 2.03. The molecule has 0 fully saturated rings. The average Bonchev–Trinajstić information content (AvgIpc) is 2.48. The third kappa shape index (κ3) is 3.45. The van der Waals surface area contributed by atoms with Gasteiger partial charge >= 0.3 is 0 Å². The minimum Gasteiger partial charge on any atom is -0.493 e. The predicted molar refractivity (Wildman–Crippen MR) is 82.8 cm³/mol. The summed E-state index contributed by atoms with van der Waals surface area (Å²) < 4.78 is 11.2. The van der Waals surface area contributed by atoms with Crippen LogP contribution >= 0.6 is 11.6 Å². The normalized spacial score (nSPS) is 10.4. The molecule has 0 radical (unpaired) electrons. The van der Waals surface area contributed by atoms with Crippen LogP contribution in [0.3, 0.4) is 0 Å². The lowest BCUT2D eigenvalue weighted by Gasteiger charge is -2.13. The Bertz CT molecular complexity index is 594. The summed E-state index contributed by atoms with van der Waals surface area (Å²) in [5.74, 6) is 1.92. The molecule has 2 nitrogen and oxygen atoms in total. The van der Waals surface area contributed by atoms with Gasteiger partial charge in [0.05, 0.1) is 7.11 Å². The summed E-state index contributed by atoms with van der Waals surface area (Å²) in [4.78, 5) is 0. The Morgan fingerprint density at radius 2 is 1.80 bits per heavy atom. The van der Waals surface area contributed by atoms with Crippen LogP contribution in [-0.2, 0) is 12.5 Å². The smallest absolute Gasteiger partial charge is 0.161 e. The van der Waals surface area contributed by atoms with Crippen molar-refractivity contribution < 1.29 is 9.47 Å². The highest BCUT2D eigenvalue weighted by molar-refractivity contribution is 6.17. The zero-order valence-corrected chi connectivity index (χ0v) is 12.8. The molecule has 0 aliphatic carbocycles. The van der Waals surface area contributed by atoms with E-state index in [-0.39, 0.29) is 0 Å². The number of hydrogen-bond acceptors (Lipinski definition) is 2. The van der Waals surface area contributed by atoms with Crippen LogP contribution in [0, 0.1) is 13.8 Å². The van der Waals surface area contributed by atoms with E-state index in [9.17, 15) is 0 Å². The lowest BCUT2D eigenvalue weighted by atomic mass is 10.1. The Balaban J connectivity index is 2.16. The maximum absolute atomic E-state index is 5.88. The molecule has 2 aromatic rings. The highest BCUT2D eigenvalue weighted by Gasteiger charge is 2.07. The third-order valence-electron chi connectivity index (χ3n) is 3.27. The van der Waals surface area contributed by atoms with Crippen molar-refractivity contribution >= 4 is 11.6 Å². The fourth-order valence-corrected chi connectivity index (χ4v) is 2.19. The lowest BCUT2D eigenvalue weighted by molar-refractivity contribution is 0.283. The average molecular weight is 291 g/mol. The van der Waals surface area contributed by atoms with Gasteiger partial charge in [-0.3, -0.25) is 0 Å². The van der Waals surface area contributed by atoms with Gasteiger partial charge in [-0.05, 0) is 42.7 Å². The molecule has 20 heavy (non-hydrogen) atoms. The zero-order chi connectivity index (χ0) is 14.5. The molecule has 106 valence electrons. The number of benzene rings is 2. The molecule has 0 saturated heterocycles. The third-order valence-corrected chi connectivity index (χ3v) is 3.58. The van der Waals surface area contributed by atoms with Gasteiger partial charge in [-0.2, -0.15) is 0 Å². The molecule has 3 heteroatoms. The maximum atomic E-state index is 5.88. The Labute approximate surface area is 125 Å². The summed E-state index contributed by atoms with van der Waals surface area (Å²) in [5.41, 5.74) is 4.67. The van der Waals surface area contributed by atoms with Gasteiger partial charge in [-0.25, -0.2) is 0 Å². The van der Waals surface area contributed by atoms with Crippen molar-refractivity contribution in [3.05, 3.63) is 58.7 Å². The maximum Gasteiger partial charge on any atom is 0.161 e. The molecule has 0 aliphatic heterocycles. The van der Waals surface area contributed by atoms with Gasteiger partial charge in [0, 0.05) is 5.88 Å². The first-order chi connectivity index (χ1) is 9.63. The highest BCUT2D eigenvalue weighted by atomic mass is 35.5. The van der Waals surface area contributed by atoms with E-state index < -0.39 is 0 Å². The molecule has 0 aliphatic rings. The Kier molecular flexibility index (Phi) is 4.91. The van der Waals surface area contributed by atoms with Gasteiger partial charge in [-0.1, -0.05) is 29.8 Å². The Morgan fingerprint density at radius 3 is 2.50 bits per heavy atom. The number of methoxy groups -OCH3 is 1. The first-order valence-corrected chi connectivity index (χ1v) is 7.09. The van der Waals surface area contributed by atoms with Crippen LogP contribution in [0.25, 0.3) is 0 Å². The van der Waals surface area contributed by atoms with Crippen molar-refractivity contribution in [2.45, 2.75) is 26.3 Å². The molecule has 0 unspecified atom stereocenters. The topological polar surface area (TPSA) is 18.5 Å². The van der Waals surface area contributed by atoms with Gasteiger partial charge in [0.25, 0.3) is 0 Å². The van der Waals surface area contributed by atoms with Gasteiger partial charge in [0.2, 0.25) is 0 Å². The van der Waals surface area contributed by atoms with Crippen molar-refractivity contribution in [3.63, 3.8) is 0 Å². The molecular formula is C17H19ClO2. The van der Waals surface area contributed by atoms with E-state index in [2.05, 4.69) is 32.0 Å². The van der Waals surface area contributed by atoms with E-state index in [1.54, 1.807) is 7.11 Å². The molecular weight excluding hydrogens is 272 g/mol. The number of ether oxygens (including phenoxy) is 2. The van der Waals surface area contributed by atoms with Crippen molar-refractivity contribution in [2.75, 3.05) is 7.11 Å². The molecule has 0 spiro atoms. The van der Waals surface area contributed by atoms with Crippen LogP contribution in [0.1, 0.15) is 22.3 Å². The molecule has 0 aromatic heterocycles. The molecule has 0 amide bonds. The van der Waals surface area contributed by atoms with E-state index in [1.807, 2.05) is 18.2 Å². The van der Waals surface area contributed by atoms with Gasteiger partial charge in [0.1, 0.15) is 6.61 Å². The van der Waals surface area contributed by atoms with Crippen LogP contribution in [0.2, 0.25) is 0 Å². The lowest BCUT2D eigenvalue weighted by Crippen LogP contribution is -2.00. The molecule has 2 aromatic carbocycles. The SMILES string of the molecule is COc1cc(CCl)ccc1OCc1cc(C)ccc1C. The minimum absolute atomic E-state index is 0.466. The van der Waals surface area contributed by atoms with Crippen molar-refractivity contribution in [3.8, 4) is 11.5 Å². The molecule has 2 rings (SSSR count). The zero-order valence-electron chi connectivity index (χ0n) is 12.1. The molecule has 0 atom stereocenters. The molecule has 0 heterocycles. The number of rotatable bonds is 5. The van der Waals surface area contributed by atoms with Gasteiger partial charge in [-0.15, -0.1) is 11.6 Å². The molecule has 0 bridgehead atoms.